The molecule has 0 atom stereocenters. The fourth-order valence-corrected chi connectivity index (χ4v) is 10.8. The number of hydrogen-bond acceptors (Lipinski definition) is 2. The first-order valence-electron chi connectivity index (χ1n) is 27.9. The second kappa shape index (κ2) is 20.6. The zero-order chi connectivity index (χ0) is 56.0. The largest absolute Gasteiger partial charge is 0.510 e. The predicted octanol–water partition coefficient (Wildman–Crippen LogP) is 19.1. The van der Waals surface area contributed by atoms with Crippen molar-refractivity contribution in [1.82, 2.24) is 14.1 Å². The van der Waals surface area contributed by atoms with E-state index in [9.17, 15) is 0 Å². The van der Waals surface area contributed by atoms with Crippen molar-refractivity contribution in [2.75, 3.05) is 0 Å². The Hall–Kier alpha value is -7.33. The van der Waals surface area contributed by atoms with Crippen molar-refractivity contribution in [2.45, 2.75) is 131 Å². The quantitative estimate of drug-likeness (QED) is 0.112. The van der Waals surface area contributed by atoms with Gasteiger partial charge in [0.15, 0.2) is 0 Å². The molecule has 0 N–H and O–H groups in total. The molecule has 0 fully saturated rings. The van der Waals surface area contributed by atoms with Gasteiger partial charge in [0.05, 0.1) is 16.7 Å². The van der Waals surface area contributed by atoms with Crippen LogP contribution in [0.5, 0.6) is 11.5 Å². The van der Waals surface area contributed by atoms with Crippen molar-refractivity contribution >= 4 is 32.8 Å². The van der Waals surface area contributed by atoms with Gasteiger partial charge in [-0.1, -0.05) is 225 Å². The first kappa shape index (κ1) is 56.0. The maximum absolute atomic E-state index is 6.85. The number of fused-ring (bicyclic) bond motifs is 4. The Morgan fingerprint density at radius 2 is 0.988 bits per heavy atom. The number of aromatic nitrogens is 4. The van der Waals surface area contributed by atoms with Gasteiger partial charge in [-0.25, -0.2) is 4.98 Å². The molecule has 11 aromatic rings. The Labute approximate surface area is 489 Å². The van der Waals surface area contributed by atoms with Crippen LogP contribution >= 0.6 is 0 Å². The first-order chi connectivity index (χ1) is 37.3. The van der Waals surface area contributed by atoms with Gasteiger partial charge >= 0.3 is 0 Å². The fourth-order valence-electron chi connectivity index (χ4n) is 10.8. The van der Waals surface area contributed by atoms with Gasteiger partial charge in [-0.05, 0) is 124 Å². The number of imidazole rings is 1. The zero-order valence-electron chi connectivity index (χ0n) is 49.3. The van der Waals surface area contributed by atoms with E-state index >= 15 is 0 Å². The molecule has 0 saturated carbocycles. The Morgan fingerprint density at radius 1 is 0.425 bits per heavy atom. The van der Waals surface area contributed by atoms with E-state index in [1.807, 2.05) is 24.4 Å². The van der Waals surface area contributed by atoms with Crippen molar-refractivity contribution in [1.29, 1.82) is 0 Å². The van der Waals surface area contributed by atoms with Gasteiger partial charge in [0, 0.05) is 44.3 Å². The summed E-state index contributed by atoms with van der Waals surface area (Å²) in [5.41, 5.74) is 18.7. The number of hydrogen-bond donors (Lipinski definition) is 0. The number of para-hydroxylation sites is 1. The van der Waals surface area contributed by atoms with E-state index in [-0.39, 0.29) is 48.1 Å². The van der Waals surface area contributed by atoms with Gasteiger partial charge < -0.3 is 13.9 Å². The van der Waals surface area contributed by atoms with Gasteiger partial charge in [-0.2, -0.15) is 18.2 Å². The minimum atomic E-state index is -0.146. The summed E-state index contributed by atoms with van der Waals surface area (Å²) in [6, 6.07) is 69.5. The van der Waals surface area contributed by atoms with E-state index in [2.05, 4.69) is 288 Å². The average molecular weight is 1230 g/mol. The van der Waals surface area contributed by atoms with Crippen molar-refractivity contribution < 1.29 is 30.4 Å². The van der Waals surface area contributed by atoms with Gasteiger partial charge in [0.2, 0.25) is 0 Å². The van der Waals surface area contributed by atoms with Gasteiger partial charge in [-0.3, -0.25) is 4.57 Å². The molecule has 6 heteroatoms. The van der Waals surface area contributed by atoms with E-state index in [0.29, 0.717) is 11.5 Å². The van der Waals surface area contributed by atoms with Crippen LogP contribution in [0.1, 0.15) is 132 Å². The maximum Gasteiger partial charge on any atom is 0.268 e. The topological polar surface area (TPSA) is 35.9 Å². The summed E-state index contributed by atoms with van der Waals surface area (Å²) < 4.78 is 13.5. The van der Waals surface area contributed by atoms with Crippen LogP contribution < -0.4 is 9.30 Å². The summed E-state index contributed by atoms with van der Waals surface area (Å²) in [6.07, 6.45) is 5.91. The number of pyridine rings is 1. The number of benzene rings is 8. The summed E-state index contributed by atoms with van der Waals surface area (Å²) >= 11 is 0. The second-order valence-corrected chi connectivity index (χ2v) is 26.7. The molecule has 0 saturated heterocycles. The Balaban J connectivity index is 0.00000720. The Kier molecular flexibility index (Phi) is 14.4. The molecular weight excluding hydrogens is 1160 g/mol. The van der Waals surface area contributed by atoms with E-state index in [0.717, 1.165) is 83.4 Å². The van der Waals surface area contributed by atoms with Crippen LogP contribution in [0.3, 0.4) is 0 Å². The van der Waals surface area contributed by atoms with E-state index < -0.39 is 0 Å². The van der Waals surface area contributed by atoms with Crippen LogP contribution in [0, 0.1) is 18.5 Å². The molecule has 3 aromatic heterocycles. The monoisotopic (exact) mass is 1230 g/mol. The molecule has 0 spiro atoms. The van der Waals surface area contributed by atoms with Gasteiger partial charge in [0.1, 0.15) is 5.82 Å². The van der Waals surface area contributed by atoms with Crippen molar-refractivity contribution in [3.8, 4) is 62.1 Å². The van der Waals surface area contributed by atoms with Gasteiger partial charge in [-0.15, -0.1) is 29.7 Å². The number of rotatable bonds is 8. The SMILES string of the molecule is CC(C)(C)c1ccc(-c2ccc3c(c2)n(-c2[c-]c(Oc4[c-]c5c(cc4)c4ccccc4n5-c4cc(C(C)(C)C)ccn4)ccc2)[c-][n+]3-c2c(-c3cccc(C(C)(C)C)c3)cc(C(C)(C)C)cc2-c2cccc(C(C)(C)C)c2)cc1.[Pt]. The van der Waals surface area contributed by atoms with Crippen molar-refractivity contribution in [3.63, 3.8) is 0 Å². The predicted molar refractivity (Wildman–Crippen MR) is 330 cm³/mol. The van der Waals surface area contributed by atoms with Gasteiger partial charge in [0.25, 0.3) is 6.33 Å². The molecule has 0 radical (unpaired) electrons. The zero-order valence-corrected chi connectivity index (χ0v) is 51.5. The molecule has 0 bridgehead atoms. The molecule has 11 rings (SSSR count). The minimum Gasteiger partial charge on any atom is -0.510 e. The van der Waals surface area contributed by atoms with Crippen LogP contribution in [0.25, 0.3) is 83.4 Å². The van der Waals surface area contributed by atoms with Crippen LogP contribution in [0.4, 0.5) is 0 Å². The smallest absolute Gasteiger partial charge is 0.268 e. The first-order valence-corrected chi connectivity index (χ1v) is 27.9. The standard InChI is InChI=1S/C74H74N4O.Pt/c1-70(2,3)52-32-29-48(30-33-52)49-31-36-65-67(41-49)76(57-25-20-26-58(45-57)79-59-34-35-61-60-27-16-17-28-64(60)78(66(61)46-59)68-44-55(37-38-75-68)73(10,11)12)47-77(65)69-62(50-21-18-23-53(39-50)71(4,5)6)42-56(74(13,14)15)43-63(69)51-22-19-24-54(40-51)72(7,8)9;/h16-44H,1-15H3;/q-2;. The van der Waals surface area contributed by atoms with Crippen LogP contribution in [-0.2, 0) is 48.1 Å². The van der Waals surface area contributed by atoms with E-state index in [4.69, 9.17) is 9.72 Å². The molecule has 8 aromatic carbocycles. The van der Waals surface area contributed by atoms with E-state index in [1.54, 1.807) is 0 Å². The maximum atomic E-state index is 6.85. The summed E-state index contributed by atoms with van der Waals surface area (Å²) in [5, 5.41) is 2.21. The molecule has 5 nitrogen and oxygen atoms in total. The molecule has 80 heavy (non-hydrogen) atoms. The Morgan fingerprint density at radius 3 is 1.60 bits per heavy atom. The molecule has 0 unspecified atom stereocenters. The summed E-state index contributed by atoms with van der Waals surface area (Å²) in [7, 11) is 0. The Bertz CT molecular complexity index is 4040. The third-order valence-electron chi connectivity index (χ3n) is 15.6. The molecular formula is C74H74N4OPt-2. The summed E-state index contributed by atoms with van der Waals surface area (Å²) in [5.74, 6) is 1.99. The van der Waals surface area contributed by atoms with Crippen molar-refractivity contribution in [3.05, 3.63) is 222 Å². The van der Waals surface area contributed by atoms with Crippen molar-refractivity contribution in [2.24, 2.45) is 0 Å². The summed E-state index contributed by atoms with van der Waals surface area (Å²) in [4.78, 5) is 4.92. The van der Waals surface area contributed by atoms with Crippen LogP contribution in [-0.4, -0.2) is 14.1 Å². The van der Waals surface area contributed by atoms with Crippen LogP contribution in [0.2, 0.25) is 0 Å². The molecule has 0 aliphatic carbocycles. The normalized spacial score (nSPS) is 12.6. The van der Waals surface area contributed by atoms with Crippen LogP contribution in [0.15, 0.2) is 176 Å². The second-order valence-electron chi connectivity index (χ2n) is 26.7. The molecule has 3 heterocycles. The molecule has 0 amide bonds. The number of nitrogens with zero attached hydrogens (tertiary/aromatic N) is 4. The average Bonchev–Trinajstić information content (AvgIpc) is 4.10. The minimum absolute atomic E-state index is 0. The molecule has 408 valence electrons. The molecule has 0 aliphatic rings. The fraction of sp³-hybridized carbons (Fsp3) is 0.270. The third-order valence-corrected chi connectivity index (χ3v) is 15.6. The van der Waals surface area contributed by atoms with E-state index in [1.165, 1.54) is 27.8 Å². The summed E-state index contributed by atoms with van der Waals surface area (Å²) in [6.45, 7) is 34.2. The number of ether oxygens (including phenoxy) is 1. The third kappa shape index (κ3) is 10.9. The molecule has 0 aliphatic heterocycles.